The van der Waals surface area contributed by atoms with E-state index in [2.05, 4.69) is 16.8 Å². The molecule has 2 aromatic carbocycles. The molecule has 0 aromatic heterocycles. The summed E-state index contributed by atoms with van der Waals surface area (Å²) < 4.78 is 26.7. The van der Waals surface area contributed by atoms with Crippen LogP contribution in [0, 0.1) is 0 Å². The van der Waals surface area contributed by atoms with E-state index in [1.165, 1.54) is 10.5 Å². The maximum absolute atomic E-state index is 13.3. The number of hydrogen-bond donors (Lipinski definition) is 2. The number of piperidine rings is 2. The first kappa shape index (κ1) is 38.5. The Bertz CT molecular complexity index is 1230. The van der Waals surface area contributed by atoms with Gasteiger partial charge in [0, 0.05) is 82.9 Å². The van der Waals surface area contributed by atoms with Crippen molar-refractivity contribution in [1.82, 2.24) is 14.7 Å². The second-order valence-corrected chi connectivity index (χ2v) is 11.8. The summed E-state index contributed by atoms with van der Waals surface area (Å²) in [5.74, 6) is -2.83. The van der Waals surface area contributed by atoms with Crippen molar-refractivity contribution in [2.45, 2.75) is 70.9 Å². The number of aliphatic hydroxyl groups excluding tert-OH is 1. The maximum atomic E-state index is 13.3. The number of allylic oxidation sites excluding steroid dienone is 1. The van der Waals surface area contributed by atoms with Crippen LogP contribution in [0.5, 0.6) is 0 Å². The van der Waals surface area contributed by atoms with Crippen LogP contribution >= 0.6 is 23.2 Å². The van der Waals surface area contributed by atoms with Crippen LogP contribution in [-0.2, 0) is 11.2 Å². The number of anilines is 1. The van der Waals surface area contributed by atoms with Gasteiger partial charge in [-0.1, -0.05) is 55.3 Å². The molecule has 250 valence electrons. The average Bonchev–Trinajstić information content (AvgIpc) is 3.01. The van der Waals surface area contributed by atoms with Crippen LogP contribution in [0.2, 0.25) is 10.0 Å². The van der Waals surface area contributed by atoms with Gasteiger partial charge in [-0.25, -0.2) is 8.78 Å². The number of hydrogen-bond acceptors (Lipinski definition) is 5. The Kier molecular flexibility index (Phi) is 16.3. The van der Waals surface area contributed by atoms with Crippen LogP contribution in [0.4, 0.5) is 14.5 Å². The molecular weight excluding hydrogens is 621 g/mol. The number of aliphatic hydroxyl groups is 1. The van der Waals surface area contributed by atoms with Crippen molar-refractivity contribution in [1.29, 1.82) is 0 Å². The van der Waals surface area contributed by atoms with Gasteiger partial charge in [0.25, 0.3) is 11.8 Å². The summed E-state index contributed by atoms with van der Waals surface area (Å²) >= 11 is 12.1. The molecule has 5 rings (SSSR count). The molecule has 7 nitrogen and oxygen atoms in total. The zero-order valence-electron chi connectivity index (χ0n) is 26.9. The van der Waals surface area contributed by atoms with E-state index in [9.17, 15) is 18.4 Å². The lowest BCUT2D eigenvalue weighted by molar-refractivity contribution is -0.130. The van der Waals surface area contributed by atoms with Gasteiger partial charge in [0.2, 0.25) is 5.91 Å². The minimum Gasteiger partial charge on any atom is -0.400 e. The van der Waals surface area contributed by atoms with Gasteiger partial charge >= 0.3 is 0 Å². The number of likely N-dealkylation sites (tertiary alicyclic amines) is 3. The summed E-state index contributed by atoms with van der Waals surface area (Å²) in [6.45, 7) is 12.9. The van der Waals surface area contributed by atoms with Crippen LogP contribution in [0.3, 0.4) is 0 Å². The van der Waals surface area contributed by atoms with Crippen LogP contribution in [0.1, 0.15) is 62.4 Å². The zero-order chi connectivity index (χ0) is 33.6. The van der Waals surface area contributed by atoms with E-state index < -0.39 is 5.92 Å². The molecule has 45 heavy (non-hydrogen) atoms. The quantitative estimate of drug-likeness (QED) is 0.324. The largest absolute Gasteiger partial charge is 0.400 e. The number of nitrogens with one attached hydrogen (secondary N) is 1. The first-order chi connectivity index (χ1) is 21.5. The van der Waals surface area contributed by atoms with Gasteiger partial charge in [0.1, 0.15) is 0 Å². The molecule has 3 saturated heterocycles. The third-order valence-electron chi connectivity index (χ3n) is 7.96. The summed E-state index contributed by atoms with van der Waals surface area (Å²) in [5, 5.41) is 11.6. The van der Waals surface area contributed by atoms with Crippen LogP contribution in [0.25, 0.3) is 0 Å². The van der Waals surface area contributed by atoms with Crippen molar-refractivity contribution < 1.29 is 23.5 Å². The highest BCUT2D eigenvalue weighted by molar-refractivity contribution is 6.34. The molecule has 3 heterocycles. The zero-order valence-corrected chi connectivity index (χ0v) is 28.4. The number of rotatable bonds is 6. The Morgan fingerprint density at radius 2 is 1.62 bits per heavy atom. The molecule has 0 radical (unpaired) electrons. The summed E-state index contributed by atoms with van der Waals surface area (Å²) in [6.07, 6.45) is 4.17. The highest BCUT2D eigenvalue weighted by Gasteiger charge is 2.37. The van der Waals surface area contributed by atoms with Gasteiger partial charge < -0.3 is 20.2 Å². The van der Waals surface area contributed by atoms with Crippen LogP contribution in [0.15, 0.2) is 55.1 Å². The first-order valence-electron chi connectivity index (χ1n) is 15.6. The fourth-order valence-corrected chi connectivity index (χ4v) is 5.97. The highest BCUT2D eigenvalue weighted by atomic mass is 35.5. The van der Waals surface area contributed by atoms with Crippen LogP contribution in [-0.4, -0.2) is 96.0 Å². The summed E-state index contributed by atoms with van der Waals surface area (Å²) in [6, 6.07) is 13.9. The molecule has 0 atom stereocenters. The van der Waals surface area contributed by atoms with Gasteiger partial charge in [-0.3, -0.25) is 14.5 Å². The smallest absolute Gasteiger partial charge is 0.255 e. The normalized spacial score (nSPS) is 18.1. The predicted octanol–water partition coefficient (Wildman–Crippen LogP) is 7.02. The second kappa shape index (κ2) is 19.1. The lowest BCUT2D eigenvalue weighted by Crippen LogP contribution is -2.60. The van der Waals surface area contributed by atoms with Crippen molar-refractivity contribution in [3.05, 3.63) is 76.3 Å². The Morgan fingerprint density at radius 1 is 1.00 bits per heavy atom. The van der Waals surface area contributed by atoms with E-state index in [0.717, 1.165) is 63.3 Å². The lowest BCUT2D eigenvalue weighted by Gasteiger charge is -2.47. The SMILES string of the molecule is C=CCc1cccc(Cl)c1.CC.CC(=O)N1CCC(N2CC(Nc3ccc(C(=O)N4CCC(F)(F)CC4)c(Cl)c3)C2)CC1.CO. The number of amides is 2. The van der Waals surface area contributed by atoms with E-state index in [1.54, 1.807) is 19.1 Å². The van der Waals surface area contributed by atoms with E-state index in [-0.39, 0.29) is 37.7 Å². The van der Waals surface area contributed by atoms with Gasteiger partial charge in [-0.15, -0.1) is 6.58 Å². The molecular formula is C34H48Cl2F2N4O3. The molecule has 0 bridgehead atoms. The molecule has 2 N–H and O–H groups in total. The third-order valence-corrected chi connectivity index (χ3v) is 8.51. The van der Waals surface area contributed by atoms with E-state index in [4.69, 9.17) is 28.3 Å². The van der Waals surface area contributed by atoms with Crippen molar-refractivity contribution in [3.63, 3.8) is 0 Å². The Labute approximate surface area is 277 Å². The van der Waals surface area contributed by atoms with E-state index in [0.29, 0.717) is 22.7 Å². The minimum atomic E-state index is -2.69. The van der Waals surface area contributed by atoms with Gasteiger partial charge in [0.05, 0.1) is 16.6 Å². The molecule has 0 aliphatic carbocycles. The van der Waals surface area contributed by atoms with Crippen molar-refractivity contribution in [2.75, 3.05) is 51.7 Å². The van der Waals surface area contributed by atoms with Crippen molar-refractivity contribution in [2.24, 2.45) is 0 Å². The van der Waals surface area contributed by atoms with Gasteiger partial charge in [0.15, 0.2) is 0 Å². The molecule has 3 fully saturated rings. The standard InChI is InChI=1S/C22H29ClF2N4O2.C9H9Cl.C2H6.CH4O/c1-15(30)27-8-4-18(5-9-27)29-13-17(14-29)26-16-2-3-19(20(23)12-16)21(31)28-10-6-22(24,25)7-11-28;1-2-4-8-5-3-6-9(10)7-8;2*1-2/h2-3,12,17-18,26H,4-11,13-14H2,1H3;2-3,5-7H,1,4H2;1-2H3;2H,1H3. The van der Waals surface area contributed by atoms with Crippen LogP contribution < -0.4 is 5.32 Å². The minimum absolute atomic E-state index is 0.0470. The predicted molar refractivity (Wildman–Crippen MR) is 181 cm³/mol. The summed E-state index contributed by atoms with van der Waals surface area (Å²) in [4.78, 5) is 29.9. The Hall–Kier alpha value is -2.72. The topological polar surface area (TPSA) is 76.1 Å². The van der Waals surface area contributed by atoms with E-state index in [1.807, 2.05) is 55.2 Å². The molecule has 0 spiro atoms. The molecule has 2 aromatic rings. The number of carbonyl (C=O) groups excluding carboxylic acids is 2. The van der Waals surface area contributed by atoms with Gasteiger partial charge in [-0.05, 0) is 55.2 Å². The molecule has 0 saturated carbocycles. The first-order valence-corrected chi connectivity index (χ1v) is 16.3. The molecule has 3 aliphatic heterocycles. The molecule has 3 aliphatic rings. The number of carbonyl (C=O) groups is 2. The van der Waals surface area contributed by atoms with Crippen molar-refractivity contribution >= 4 is 40.7 Å². The maximum Gasteiger partial charge on any atom is 0.255 e. The van der Waals surface area contributed by atoms with Gasteiger partial charge in [-0.2, -0.15) is 0 Å². The average molecular weight is 670 g/mol. The lowest BCUT2D eigenvalue weighted by atomic mass is 9.97. The number of benzene rings is 2. The number of halogens is 4. The fraction of sp³-hybridized carbons (Fsp3) is 0.529. The molecule has 11 heteroatoms. The molecule has 0 unspecified atom stereocenters. The summed E-state index contributed by atoms with van der Waals surface area (Å²) in [5.41, 5.74) is 2.41. The third kappa shape index (κ3) is 11.9. The highest BCUT2D eigenvalue weighted by Crippen LogP contribution is 2.31. The Balaban J connectivity index is 0.000000423. The number of nitrogens with zero attached hydrogens (tertiary/aromatic N) is 3. The summed E-state index contributed by atoms with van der Waals surface area (Å²) in [7, 11) is 1.00. The number of alkyl halides is 2. The molecule has 2 amide bonds. The second-order valence-electron chi connectivity index (χ2n) is 11.0. The Morgan fingerprint density at radius 3 is 2.16 bits per heavy atom. The fourth-order valence-electron chi connectivity index (χ4n) is 5.50. The monoisotopic (exact) mass is 668 g/mol. The van der Waals surface area contributed by atoms with Crippen molar-refractivity contribution in [3.8, 4) is 0 Å². The van der Waals surface area contributed by atoms with E-state index >= 15 is 0 Å².